The number of aliphatic carboxylic acids is 1. The van der Waals surface area contributed by atoms with Crippen LogP contribution in [0, 0.1) is 13.8 Å². The topological polar surface area (TPSA) is 92.4 Å². The molecule has 0 spiro atoms. The van der Waals surface area contributed by atoms with Crippen LogP contribution in [0.15, 0.2) is 46.9 Å². The number of aryl methyl sites for hydroxylation is 3. The number of aromatic nitrogens is 1. The number of carboxylic acid groups (broad SMARTS) is 1. The van der Waals surface area contributed by atoms with Crippen molar-refractivity contribution in [1.29, 1.82) is 0 Å². The third-order valence-electron chi connectivity index (χ3n) is 4.32. The molecular weight excluding hydrogens is 332 g/mol. The molecule has 3 rings (SSSR count). The van der Waals surface area contributed by atoms with Gasteiger partial charge in [-0.05, 0) is 42.7 Å². The first-order valence-corrected chi connectivity index (χ1v) is 8.38. The second kappa shape index (κ2) is 7.39. The van der Waals surface area contributed by atoms with Crippen molar-refractivity contribution in [1.82, 2.24) is 10.3 Å². The largest absolute Gasteiger partial charge is 0.479 e. The number of amides is 1. The van der Waals surface area contributed by atoms with Crippen molar-refractivity contribution in [2.24, 2.45) is 0 Å². The lowest BCUT2D eigenvalue weighted by atomic mass is 10.0. The van der Waals surface area contributed by atoms with Gasteiger partial charge in [-0.2, -0.15) is 0 Å². The van der Waals surface area contributed by atoms with Gasteiger partial charge in [0, 0.05) is 12.8 Å². The average Bonchev–Trinajstić information content (AvgIpc) is 3.03. The molecule has 1 atom stereocenters. The number of carboxylic acids is 1. The van der Waals surface area contributed by atoms with E-state index >= 15 is 0 Å². The van der Waals surface area contributed by atoms with Crippen LogP contribution in [0.25, 0.3) is 11.1 Å². The Morgan fingerprint density at radius 2 is 1.92 bits per heavy atom. The van der Waals surface area contributed by atoms with Gasteiger partial charge in [-0.25, -0.2) is 9.78 Å². The van der Waals surface area contributed by atoms with Crippen LogP contribution in [-0.2, 0) is 16.0 Å². The second-order valence-electron chi connectivity index (χ2n) is 6.26. The van der Waals surface area contributed by atoms with E-state index in [9.17, 15) is 14.7 Å². The Morgan fingerprint density at radius 1 is 1.15 bits per heavy atom. The average molecular weight is 352 g/mol. The third-order valence-corrected chi connectivity index (χ3v) is 4.32. The highest BCUT2D eigenvalue weighted by Crippen LogP contribution is 2.19. The Balaban J connectivity index is 1.66. The molecule has 6 nitrogen and oxygen atoms in total. The lowest BCUT2D eigenvalue weighted by Gasteiger charge is -2.16. The molecule has 0 fully saturated rings. The lowest BCUT2D eigenvalue weighted by molar-refractivity contribution is -0.142. The minimum atomic E-state index is -1.09. The molecule has 134 valence electrons. The van der Waals surface area contributed by atoms with Crippen LogP contribution in [0.2, 0.25) is 0 Å². The third kappa shape index (κ3) is 3.91. The molecule has 0 radical (unpaired) electrons. The van der Waals surface area contributed by atoms with Crippen molar-refractivity contribution in [2.45, 2.75) is 32.7 Å². The van der Waals surface area contributed by atoms with Gasteiger partial charge < -0.3 is 14.8 Å². The van der Waals surface area contributed by atoms with E-state index in [1.54, 1.807) is 12.1 Å². The van der Waals surface area contributed by atoms with Gasteiger partial charge in [0.1, 0.15) is 5.52 Å². The van der Waals surface area contributed by atoms with Gasteiger partial charge in [0.2, 0.25) is 5.91 Å². The predicted molar refractivity (Wildman–Crippen MR) is 96.8 cm³/mol. The molecule has 6 heteroatoms. The van der Waals surface area contributed by atoms with Crippen molar-refractivity contribution >= 4 is 23.0 Å². The monoisotopic (exact) mass is 352 g/mol. The number of para-hydroxylation sites is 2. The van der Waals surface area contributed by atoms with Crippen LogP contribution >= 0.6 is 0 Å². The van der Waals surface area contributed by atoms with Gasteiger partial charge in [0.15, 0.2) is 17.5 Å². The van der Waals surface area contributed by atoms with E-state index in [0.717, 1.165) is 16.6 Å². The summed E-state index contributed by atoms with van der Waals surface area (Å²) in [7, 11) is 0. The van der Waals surface area contributed by atoms with Crippen LogP contribution in [-0.4, -0.2) is 22.0 Å². The number of hydrogen-bond donors (Lipinski definition) is 2. The molecule has 3 aromatic rings. The maximum absolute atomic E-state index is 12.2. The molecule has 0 saturated heterocycles. The van der Waals surface area contributed by atoms with Crippen molar-refractivity contribution < 1.29 is 19.1 Å². The fraction of sp³-hybridized carbons (Fsp3) is 0.250. The number of rotatable bonds is 6. The molecule has 1 aromatic heterocycles. The Hall–Kier alpha value is -3.15. The normalized spacial score (nSPS) is 12.1. The van der Waals surface area contributed by atoms with E-state index in [2.05, 4.69) is 10.3 Å². The summed E-state index contributed by atoms with van der Waals surface area (Å²) in [6, 6.07) is 11.6. The summed E-state index contributed by atoms with van der Waals surface area (Å²) in [6.45, 7) is 3.86. The highest BCUT2D eigenvalue weighted by atomic mass is 16.4. The van der Waals surface area contributed by atoms with Crippen molar-refractivity contribution in [2.75, 3.05) is 0 Å². The predicted octanol–water partition coefficient (Wildman–Crippen LogP) is 3.32. The van der Waals surface area contributed by atoms with E-state index in [-0.39, 0.29) is 12.3 Å². The van der Waals surface area contributed by atoms with Crippen molar-refractivity contribution in [3.8, 4) is 0 Å². The summed E-state index contributed by atoms with van der Waals surface area (Å²) in [5.41, 5.74) is 4.01. The Morgan fingerprint density at radius 3 is 2.62 bits per heavy atom. The van der Waals surface area contributed by atoms with E-state index in [1.807, 2.05) is 44.2 Å². The number of nitrogens with one attached hydrogen (secondary N) is 1. The summed E-state index contributed by atoms with van der Waals surface area (Å²) >= 11 is 0. The first-order valence-electron chi connectivity index (χ1n) is 8.38. The molecule has 1 amide bonds. The summed E-state index contributed by atoms with van der Waals surface area (Å²) < 4.78 is 5.58. The molecule has 0 bridgehead atoms. The first-order chi connectivity index (χ1) is 12.4. The molecule has 2 N–H and O–H groups in total. The van der Waals surface area contributed by atoms with E-state index in [4.69, 9.17) is 4.42 Å². The minimum Gasteiger partial charge on any atom is -0.479 e. The number of fused-ring (bicyclic) bond motifs is 1. The zero-order chi connectivity index (χ0) is 18.7. The highest BCUT2D eigenvalue weighted by Gasteiger charge is 2.22. The van der Waals surface area contributed by atoms with Crippen LogP contribution in [0.3, 0.4) is 0 Å². The Kier molecular flexibility index (Phi) is 5.02. The molecule has 26 heavy (non-hydrogen) atoms. The van der Waals surface area contributed by atoms with Crippen LogP contribution in [0.4, 0.5) is 0 Å². The number of benzene rings is 2. The van der Waals surface area contributed by atoms with Crippen molar-refractivity contribution in [3.05, 3.63) is 65.0 Å². The standard InChI is InChI=1S/C20H20N2O4/c1-12-7-8-14(11-13(12)2)19(20(24)25)22-17(23)9-10-18-21-15-5-3-4-6-16(15)26-18/h3-8,11,19H,9-10H2,1-2H3,(H,22,23)(H,24,25). The van der Waals surface area contributed by atoms with E-state index < -0.39 is 12.0 Å². The van der Waals surface area contributed by atoms with Gasteiger partial charge in [-0.15, -0.1) is 0 Å². The number of carbonyl (C=O) groups is 2. The van der Waals surface area contributed by atoms with Crippen LogP contribution in [0.5, 0.6) is 0 Å². The maximum atomic E-state index is 12.2. The van der Waals surface area contributed by atoms with Gasteiger partial charge in [-0.3, -0.25) is 4.79 Å². The summed E-state index contributed by atoms with van der Waals surface area (Å²) in [5, 5.41) is 12.0. The van der Waals surface area contributed by atoms with Gasteiger partial charge in [-0.1, -0.05) is 30.3 Å². The fourth-order valence-electron chi connectivity index (χ4n) is 2.71. The van der Waals surface area contributed by atoms with Gasteiger partial charge >= 0.3 is 5.97 Å². The van der Waals surface area contributed by atoms with Gasteiger partial charge in [0.05, 0.1) is 0 Å². The SMILES string of the molecule is Cc1ccc(C(NC(=O)CCc2nc3ccccc3o2)C(=O)O)cc1C. The Bertz CT molecular complexity index is 928. The molecule has 0 aliphatic rings. The molecule has 1 unspecified atom stereocenters. The first kappa shape index (κ1) is 17.7. The Labute approximate surface area is 150 Å². The zero-order valence-electron chi connectivity index (χ0n) is 14.7. The summed E-state index contributed by atoms with van der Waals surface area (Å²) in [5.74, 6) is -0.999. The lowest BCUT2D eigenvalue weighted by Crippen LogP contribution is -2.34. The fourth-order valence-corrected chi connectivity index (χ4v) is 2.71. The number of nitrogens with zero attached hydrogens (tertiary/aromatic N) is 1. The summed E-state index contributed by atoms with van der Waals surface area (Å²) in [4.78, 5) is 28.1. The molecule has 0 aliphatic carbocycles. The number of oxazole rings is 1. The summed E-state index contributed by atoms with van der Waals surface area (Å²) in [6.07, 6.45) is 0.404. The second-order valence-corrected chi connectivity index (χ2v) is 6.26. The zero-order valence-corrected chi connectivity index (χ0v) is 14.7. The quantitative estimate of drug-likeness (QED) is 0.710. The smallest absolute Gasteiger partial charge is 0.330 e. The number of hydrogen-bond acceptors (Lipinski definition) is 4. The number of carbonyl (C=O) groups excluding carboxylic acids is 1. The molecule has 0 saturated carbocycles. The van der Waals surface area contributed by atoms with Crippen molar-refractivity contribution in [3.63, 3.8) is 0 Å². The van der Waals surface area contributed by atoms with Crippen LogP contribution in [0.1, 0.15) is 35.0 Å². The van der Waals surface area contributed by atoms with Gasteiger partial charge in [0.25, 0.3) is 0 Å². The molecule has 2 aromatic carbocycles. The molecule has 0 aliphatic heterocycles. The maximum Gasteiger partial charge on any atom is 0.330 e. The highest BCUT2D eigenvalue weighted by molar-refractivity contribution is 5.84. The molecular formula is C20H20N2O4. The minimum absolute atomic E-state index is 0.0987. The van der Waals surface area contributed by atoms with E-state index in [0.29, 0.717) is 23.5 Å². The molecule has 1 heterocycles. The van der Waals surface area contributed by atoms with Crippen LogP contribution < -0.4 is 5.32 Å². The van der Waals surface area contributed by atoms with E-state index in [1.165, 1.54) is 0 Å².